The minimum Gasteiger partial charge on any atom is -0.308 e. The summed E-state index contributed by atoms with van der Waals surface area (Å²) in [6.45, 7) is 0. The lowest BCUT2D eigenvalue weighted by atomic mass is 9.90. The molecule has 4 nitrogen and oxygen atoms in total. The zero-order valence-electron chi connectivity index (χ0n) is 33.5. The molecule has 0 aliphatic rings. The van der Waals surface area contributed by atoms with Crippen LogP contribution in [0.25, 0.3) is 115 Å². The average Bonchev–Trinajstić information content (AvgIpc) is 3.90. The van der Waals surface area contributed by atoms with Crippen LogP contribution in [0.2, 0.25) is 0 Å². The number of rotatable bonds is 7. The average molecular weight is 809 g/mol. The van der Waals surface area contributed by atoms with Crippen LogP contribution in [-0.2, 0) is 0 Å². The maximum absolute atomic E-state index is 5.36. The highest BCUT2D eigenvalue weighted by Gasteiger charge is 2.23. The van der Waals surface area contributed by atoms with E-state index in [9.17, 15) is 0 Å². The zero-order valence-corrected chi connectivity index (χ0v) is 34.3. The van der Waals surface area contributed by atoms with Gasteiger partial charge in [0, 0.05) is 47.6 Å². The molecule has 12 rings (SSSR count). The Kier molecular flexibility index (Phi) is 8.65. The summed E-state index contributed by atoms with van der Waals surface area (Å²) in [5.74, 6) is 1.84. The molecule has 0 aliphatic heterocycles. The number of thiophene rings is 1. The number of benzene rings is 9. The minimum absolute atomic E-state index is 0.600. The van der Waals surface area contributed by atoms with Crippen LogP contribution in [0.4, 0.5) is 0 Å². The van der Waals surface area contributed by atoms with Gasteiger partial charge in [0.2, 0.25) is 0 Å². The number of fused-ring (bicyclic) bond motifs is 7. The van der Waals surface area contributed by atoms with Gasteiger partial charge in [0.05, 0.1) is 16.7 Å². The van der Waals surface area contributed by atoms with Gasteiger partial charge in [-0.25, -0.2) is 15.0 Å². The maximum Gasteiger partial charge on any atom is 0.166 e. The Labute approximate surface area is 362 Å². The zero-order chi connectivity index (χ0) is 41.0. The SMILES string of the molecule is c1ccc(-c2ccc(-c3ccccc3)c(-c3ccc(-n4c5ccccc5c5c6c(ccc54)sc4ccccc46)c(-c4nc(-c5ccccc5)nc(-c5ccccc5)n4)c3)c2)cc1. The lowest BCUT2D eigenvalue weighted by Crippen LogP contribution is -2.04. The van der Waals surface area contributed by atoms with Crippen LogP contribution in [0, 0.1) is 0 Å². The Morgan fingerprint density at radius 1 is 0.306 bits per heavy atom. The van der Waals surface area contributed by atoms with Crippen LogP contribution in [0.3, 0.4) is 0 Å². The predicted molar refractivity (Wildman–Crippen MR) is 260 cm³/mol. The summed E-state index contributed by atoms with van der Waals surface area (Å²) in [5, 5.41) is 5.03. The van der Waals surface area contributed by atoms with Gasteiger partial charge in [-0.2, -0.15) is 0 Å². The highest BCUT2D eigenvalue weighted by atomic mass is 32.1. The van der Waals surface area contributed by atoms with Crippen molar-refractivity contribution in [2.45, 2.75) is 0 Å². The van der Waals surface area contributed by atoms with Crippen molar-refractivity contribution in [1.82, 2.24) is 19.5 Å². The van der Waals surface area contributed by atoms with Crippen LogP contribution >= 0.6 is 11.3 Å². The third-order valence-corrected chi connectivity index (χ3v) is 13.0. The third-order valence-electron chi connectivity index (χ3n) is 11.9. The molecule has 0 aliphatic carbocycles. The molecule has 5 heteroatoms. The van der Waals surface area contributed by atoms with Gasteiger partial charge in [0.15, 0.2) is 17.5 Å². The van der Waals surface area contributed by atoms with Gasteiger partial charge >= 0.3 is 0 Å². The lowest BCUT2D eigenvalue weighted by Gasteiger charge is -2.18. The fourth-order valence-corrected chi connectivity index (χ4v) is 10.1. The van der Waals surface area contributed by atoms with Crippen LogP contribution in [0.5, 0.6) is 0 Å². The van der Waals surface area contributed by atoms with E-state index in [1.54, 1.807) is 0 Å². The Hall–Kier alpha value is -7.99. The number of hydrogen-bond acceptors (Lipinski definition) is 4. The summed E-state index contributed by atoms with van der Waals surface area (Å²) in [6.07, 6.45) is 0. The molecule has 0 bridgehead atoms. The number of aromatic nitrogens is 4. The standard InChI is InChI=1S/C57H36N4S/c1-5-17-37(18-6-1)41-29-31-43(38-19-7-2-8-20-38)46(35-41)42-30-32-49(47(36-42)57-59-55(39-21-9-3-10-22-39)58-56(60-57)40-23-11-4-12-24-40)61-48-27-15-13-25-44(48)53-50(61)33-34-52-54(53)45-26-14-16-28-51(45)62-52/h1-36H. The topological polar surface area (TPSA) is 43.6 Å². The molecular weight excluding hydrogens is 773 g/mol. The monoisotopic (exact) mass is 808 g/mol. The van der Waals surface area contributed by atoms with Gasteiger partial charge in [-0.15, -0.1) is 11.3 Å². The summed E-state index contributed by atoms with van der Waals surface area (Å²) < 4.78 is 4.99. The van der Waals surface area contributed by atoms with Gasteiger partial charge in [-0.05, 0) is 75.8 Å². The summed E-state index contributed by atoms with van der Waals surface area (Å²) in [5.41, 5.74) is 12.8. The van der Waals surface area contributed by atoms with Crippen LogP contribution in [0.1, 0.15) is 0 Å². The number of nitrogens with zero attached hydrogens (tertiary/aromatic N) is 4. The first kappa shape index (κ1) is 35.9. The molecule has 0 saturated heterocycles. The van der Waals surface area contributed by atoms with E-state index in [0.29, 0.717) is 17.5 Å². The van der Waals surface area contributed by atoms with E-state index >= 15 is 0 Å². The molecule has 0 fully saturated rings. The Morgan fingerprint density at radius 3 is 1.55 bits per heavy atom. The Morgan fingerprint density at radius 2 is 0.855 bits per heavy atom. The van der Waals surface area contributed by atoms with Gasteiger partial charge in [-0.3, -0.25) is 0 Å². The van der Waals surface area contributed by atoms with E-state index in [1.807, 2.05) is 47.7 Å². The predicted octanol–water partition coefficient (Wildman–Crippen LogP) is 15.3. The molecule has 3 aromatic heterocycles. The van der Waals surface area contributed by atoms with Crippen molar-refractivity contribution in [2.24, 2.45) is 0 Å². The first-order valence-corrected chi connectivity index (χ1v) is 21.7. The fraction of sp³-hybridized carbons (Fsp3) is 0. The quantitative estimate of drug-likeness (QED) is 0.161. The molecule has 0 N–H and O–H groups in total. The summed E-state index contributed by atoms with van der Waals surface area (Å²) in [7, 11) is 0. The molecule has 0 amide bonds. The van der Waals surface area contributed by atoms with E-state index in [4.69, 9.17) is 15.0 Å². The van der Waals surface area contributed by atoms with Crippen LogP contribution in [-0.4, -0.2) is 19.5 Å². The molecule has 9 aromatic carbocycles. The maximum atomic E-state index is 5.36. The lowest BCUT2D eigenvalue weighted by molar-refractivity contribution is 1.06. The summed E-state index contributed by atoms with van der Waals surface area (Å²) in [4.78, 5) is 15.8. The number of para-hydroxylation sites is 1. The van der Waals surface area contributed by atoms with E-state index in [0.717, 1.165) is 61.2 Å². The smallest absolute Gasteiger partial charge is 0.166 e. The molecule has 0 spiro atoms. The highest BCUT2D eigenvalue weighted by molar-refractivity contribution is 7.26. The van der Waals surface area contributed by atoms with Crippen LogP contribution < -0.4 is 0 Å². The molecule has 0 radical (unpaired) electrons. The van der Waals surface area contributed by atoms with Crippen molar-refractivity contribution in [2.75, 3.05) is 0 Å². The second-order valence-corrected chi connectivity index (χ2v) is 16.6. The van der Waals surface area contributed by atoms with Crippen molar-refractivity contribution in [3.63, 3.8) is 0 Å². The molecular formula is C57H36N4S. The fourth-order valence-electron chi connectivity index (χ4n) is 9.00. The molecule has 290 valence electrons. The molecule has 62 heavy (non-hydrogen) atoms. The van der Waals surface area contributed by atoms with E-state index in [2.05, 4.69) is 187 Å². The highest BCUT2D eigenvalue weighted by Crippen LogP contribution is 2.45. The summed E-state index contributed by atoms with van der Waals surface area (Å²) in [6, 6.07) is 77.5. The van der Waals surface area contributed by atoms with Crippen molar-refractivity contribution in [1.29, 1.82) is 0 Å². The first-order valence-electron chi connectivity index (χ1n) is 20.9. The molecule has 0 saturated carbocycles. The van der Waals surface area contributed by atoms with E-state index in [-0.39, 0.29) is 0 Å². The normalized spacial score (nSPS) is 11.5. The van der Waals surface area contributed by atoms with E-state index < -0.39 is 0 Å². The first-order chi connectivity index (χ1) is 30.7. The molecule has 0 unspecified atom stereocenters. The molecule has 0 atom stereocenters. The van der Waals surface area contributed by atoms with Crippen molar-refractivity contribution >= 4 is 53.3 Å². The second-order valence-electron chi connectivity index (χ2n) is 15.5. The third kappa shape index (κ3) is 6.09. The Balaban J connectivity index is 1.19. The van der Waals surface area contributed by atoms with Gasteiger partial charge < -0.3 is 4.57 Å². The van der Waals surface area contributed by atoms with Crippen molar-refractivity contribution in [3.05, 3.63) is 218 Å². The largest absolute Gasteiger partial charge is 0.308 e. The molecule has 3 heterocycles. The van der Waals surface area contributed by atoms with Crippen molar-refractivity contribution in [3.8, 4) is 73.2 Å². The van der Waals surface area contributed by atoms with Gasteiger partial charge in [0.1, 0.15) is 0 Å². The number of hydrogen-bond donors (Lipinski definition) is 0. The molecule has 12 aromatic rings. The van der Waals surface area contributed by atoms with Gasteiger partial charge in [-0.1, -0.05) is 176 Å². The summed E-state index contributed by atoms with van der Waals surface area (Å²) >= 11 is 1.85. The second kappa shape index (κ2) is 14.9. The van der Waals surface area contributed by atoms with E-state index in [1.165, 1.54) is 36.5 Å². The van der Waals surface area contributed by atoms with Gasteiger partial charge in [0.25, 0.3) is 0 Å². The van der Waals surface area contributed by atoms with Crippen LogP contribution in [0.15, 0.2) is 218 Å². The minimum atomic E-state index is 0.600. The van der Waals surface area contributed by atoms with Crippen molar-refractivity contribution < 1.29 is 0 Å². The Bertz CT molecular complexity index is 3560.